The maximum Gasteiger partial charge on any atom is 0.0435 e. The second-order valence-corrected chi connectivity index (χ2v) is 5.14. The Kier molecular flexibility index (Phi) is 3.90. The number of aryl methyl sites for hydroxylation is 1. The van der Waals surface area contributed by atoms with Crippen LogP contribution in [-0.4, -0.2) is 4.98 Å². The topological polar surface area (TPSA) is 12.9 Å². The Morgan fingerprint density at radius 3 is 2.33 bits per heavy atom. The van der Waals surface area contributed by atoms with Crippen LogP contribution in [0.5, 0.6) is 0 Å². The SMILES string of the molecule is CCCc1c(C(C)(C)C)ccnc1CC. The van der Waals surface area contributed by atoms with E-state index >= 15 is 0 Å². The second kappa shape index (κ2) is 4.78. The summed E-state index contributed by atoms with van der Waals surface area (Å²) in [6, 6.07) is 2.18. The average Bonchev–Trinajstić information content (AvgIpc) is 2.17. The molecule has 0 radical (unpaired) electrons. The van der Waals surface area contributed by atoms with E-state index in [0.717, 1.165) is 12.8 Å². The Labute approximate surface area is 93.9 Å². The van der Waals surface area contributed by atoms with Crippen LogP contribution in [0.15, 0.2) is 12.3 Å². The van der Waals surface area contributed by atoms with E-state index in [1.165, 1.54) is 23.2 Å². The van der Waals surface area contributed by atoms with Crippen molar-refractivity contribution in [2.45, 2.75) is 59.3 Å². The molecule has 0 unspecified atom stereocenters. The lowest BCUT2D eigenvalue weighted by Gasteiger charge is -2.24. The van der Waals surface area contributed by atoms with Gasteiger partial charge in [0.2, 0.25) is 0 Å². The van der Waals surface area contributed by atoms with Crippen LogP contribution in [-0.2, 0) is 18.3 Å². The third kappa shape index (κ3) is 2.80. The zero-order valence-corrected chi connectivity index (χ0v) is 10.7. The number of aromatic nitrogens is 1. The molecule has 0 aromatic carbocycles. The first kappa shape index (κ1) is 12.2. The van der Waals surface area contributed by atoms with Crippen molar-refractivity contribution in [2.24, 2.45) is 0 Å². The molecule has 0 spiro atoms. The molecule has 1 heterocycles. The third-order valence-electron chi connectivity index (χ3n) is 2.79. The first-order valence-corrected chi connectivity index (χ1v) is 5.98. The average molecular weight is 205 g/mol. The molecule has 0 aliphatic heterocycles. The van der Waals surface area contributed by atoms with Crippen LogP contribution < -0.4 is 0 Å². The maximum atomic E-state index is 4.49. The maximum absolute atomic E-state index is 4.49. The first-order chi connectivity index (χ1) is 7.00. The molecule has 1 nitrogen and oxygen atoms in total. The van der Waals surface area contributed by atoms with Crippen molar-refractivity contribution in [3.63, 3.8) is 0 Å². The fourth-order valence-electron chi connectivity index (χ4n) is 2.07. The van der Waals surface area contributed by atoms with Crippen LogP contribution >= 0.6 is 0 Å². The smallest absolute Gasteiger partial charge is 0.0435 e. The number of rotatable bonds is 3. The van der Waals surface area contributed by atoms with E-state index in [1.54, 1.807) is 0 Å². The van der Waals surface area contributed by atoms with Crippen molar-refractivity contribution < 1.29 is 0 Å². The summed E-state index contributed by atoms with van der Waals surface area (Å²) in [6.45, 7) is 11.3. The van der Waals surface area contributed by atoms with Crippen LogP contribution in [0, 0.1) is 0 Å². The van der Waals surface area contributed by atoms with E-state index in [0.29, 0.717) is 0 Å². The van der Waals surface area contributed by atoms with Gasteiger partial charge in [-0.15, -0.1) is 0 Å². The minimum Gasteiger partial charge on any atom is -0.261 e. The highest BCUT2D eigenvalue weighted by Gasteiger charge is 2.19. The Morgan fingerprint density at radius 2 is 1.87 bits per heavy atom. The fraction of sp³-hybridized carbons (Fsp3) is 0.643. The van der Waals surface area contributed by atoms with Gasteiger partial charge in [0.15, 0.2) is 0 Å². The summed E-state index contributed by atoms with van der Waals surface area (Å²) >= 11 is 0. The second-order valence-electron chi connectivity index (χ2n) is 5.14. The highest BCUT2D eigenvalue weighted by atomic mass is 14.7. The van der Waals surface area contributed by atoms with Crippen LogP contribution in [0.3, 0.4) is 0 Å². The molecule has 0 aliphatic carbocycles. The summed E-state index contributed by atoms with van der Waals surface area (Å²) in [7, 11) is 0. The Balaban J connectivity index is 3.25. The summed E-state index contributed by atoms with van der Waals surface area (Å²) in [6.07, 6.45) is 5.35. The van der Waals surface area contributed by atoms with E-state index in [9.17, 15) is 0 Å². The van der Waals surface area contributed by atoms with E-state index in [-0.39, 0.29) is 5.41 Å². The highest BCUT2D eigenvalue weighted by molar-refractivity contribution is 5.35. The van der Waals surface area contributed by atoms with Gasteiger partial charge in [0, 0.05) is 11.9 Å². The van der Waals surface area contributed by atoms with Crippen LogP contribution in [0.4, 0.5) is 0 Å². The number of nitrogens with zero attached hydrogens (tertiary/aromatic N) is 1. The quantitative estimate of drug-likeness (QED) is 0.729. The van der Waals surface area contributed by atoms with Gasteiger partial charge in [-0.05, 0) is 35.4 Å². The monoisotopic (exact) mass is 205 g/mol. The van der Waals surface area contributed by atoms with Crippen molar-refractivity contribution in [1.29, 1.82) is 0 Å². The van der Waals surface area contributed by atoms with Gasteiger partial charge in [-0.2, -0.15) is 0 Å². The lowest BCUT2D eigenvalue weighted by molar-refractivity contribution is 0.577. The molecule has 1 rings (SSSR count). The summed E-state index contributed by atoms with van der Waals surface area (Å²) in [5, 5.41) is 0. The van der Waals surface area contributed by atoms with Crippen LogP contribution in [0.2, 0.25) is 0 Å². The normalized spacial score (nSPS) is 11.8. The summed E-state index contributed by atoms with van der Waals surface area (Å²) in [5.41, 5.74) is 4.47. The zero-order chi connectivity index (χ0) is 11.5. The highest BCUT2D eigenvalue weighted by Crippen LogP contribution is 2.28. The van der Waals surface area contributed by atoms with Gasteiger partial charge in [0.25, 0.3) is 0 Å². The summed E-state index contributed by atoms with van der Waals surface area (Å²) < 4.78 is 0. The van der Waals surface area contributed by atoms with Crippen molar-refractivity contribution in [3.05, 3.63) is 29.1 Å². The molecule has 0 bridgehead atoms. The molecule has 0 amide bonds. The lowest BCUT2D eigenvalue weighted by Crippen LogP contribution is -2.16. The molecule has 0 atom stereocenters. The molecule has 0 aliphatic rings. The van der Waals surface area contributed by atoms with E-state index in [2.05, 4.69) is 45.7 Å². The molecule has 0 saturated carbocycles. The van der Waals surface area contributed by atoms with Gasteiger partial charge in [-0.3, -0.25) is 4.98 Å². The molecule has 15 heavy (non-hydrogen) atoms. The van der Waals surface area contributed by atoms with Crippen molar-refractivity contribution in [3.8, 4) is 0 Å². The number of pyridine rings is 1. The number of hydrogen-bond donors (Lipinski definition) is 0. The minimum absolute atomic E-state index is 0.233. The standard InChI is InChI=1S/C14H23N/c1-6-8-11-12(14(3,4)5)9-10-15-13(11)7-2/h9-10H,6-8H2,1-5H3. The van der Waals surface area contributed by atoms with Gasteiger partial charge in [0.05, 0.1) is 0 Å². The summed E-state index contributed by atoms with van der Waals surface area (Å²) in [4.78, 5) is 4.49. The fourth-order valence-corrected chi connectivity index (χ4v) is 2.07. The molecule has 0 N–H and O–H groups in total. The first-order valence-electron chi connectivity index (χ1n) is 5.98. The molecular weight excluding hydrogens is 182 g/mol. The molecule has 0 saturated heterocycles. The van der Waals surface area contributed by atoms with E-state index < -0.39 is 0 Å². The van der Waals surface area contributed by atoms with Gasteiger partial charge in [-0.1, -0.05) is 41.0 Å². The Morgan fingerprint density at radius 1 is 1.20 bits per heavy atom. The predicted octanol–water partition coefficient (Wildman–Crippen LogP) is 3.89. The largest absolute Gasteiger partial charge is 0.261 e. The molecule has 0 fully saturated rings. The van der Waals surface area contributed by atoms with Gasteiger partial charge >= 0.3 is 0 Å². The Hall–Kier alpha value is -0.850. The molecule has 1 aromatic heterocycles. The van der Waals surface area contributed by atoms with Gasteiger partial charge in [0.1, 0.15) is 0 Å². The molecule has 84 valence electrons. The van der Waals surface area contributed by atoms with Gasteiger partial charge < -0.3 is 0 Å². The van der Waals surface area contributed by atoms with Crippen LogP contribution in [0.25, 0.3) is 0 Å². The van der Waals surface area contributed by atoms with Gasteiger partial charge in [-0.25, -0.2) is 0 Å². The molecule has 1 heteroatoms. The minimum atomic E-state index is 0.233. The summed E-state index contributed by atoms with van der Waals surface area (Å²) in [5.74, 6) is 0. The number of hydrogen-bond acceptors (Lipinski definition) is 1. The predicted molar refractivity (Wildman–Crippen MR) is 66.3 cm³/mol. The molecular formula is C14H23N. The van der Waals surface area contributed by atoms with E-state index in [4.69, 9.17) is 0 Å². The van der Waals surface area contributed by atoms with E-state index in [1.807, 2.05) is 6.20 Å². The Bertz CT molecular complexity index is 321. The third-order valence-corrected chi connectivity index (χ3v) is 2.79. The lowest BCUT2D eigenvalue weighted by atomic mass is 9.82. The van der Waals surface area contributed by atoms with Crippen molar-refractivity contribution >= 4 is 0 Å². The van der Waals surface area contributed by atoms with Crippen LogP contribution in [0.1, 0.15) is 57.9 Å². The molecule has 1 aromatic rings. The van der Waals surface area contributed by atoms with Crippen molar-refractivity contribution in [2.75, 3.05) is 0 Å². The zero-order valence-electron chi connectivity index (χ0n) is 10.7. The van der Waals surface area contributed by atoms with Crippen molar-refractivity contribution in [1.82, 2.24) is 4.98 Å².